The second-order valence-electron chi connectivity index (χ2n) is 10.3. The minimum atomic E-state index is -3.86. The Morgan fingerprint density at radius 1 is 0.902 bits per heavy atom. The summed E-state index contributed by atoms with van der Waals surface area (Å²) in [6, 6.07) is 20.5. The molecule has 0 aliphatic rings. The number of carbonyl (C=O) groups excluding carboxylic acids is 2. The summed E-state index contributed by atoms with van der Waals surface area (Å²) in [5.74, 6) is -0.721. The van der Waals surface area contributed by atoms with Crippen LogP contribution in [0.15, 0.2) is 72.8 Å². The first-order valence-corrected chi connectivity index (χ1v) is 16.1. The summed E-state index contributed by atoms with van der Waals surface area (Å²) in [5.41, 5.74) is 2.52. The number of halogens is 2. The molecule has 0 aromatic heterocycles. The van der Waals surface area contributed by atoms with E-state index in [1.807, 2.05) is 63.2 Å². The molecule has 0 aliphatic heterocycles. The van der Waals surface area contributed by atoms with Gasteiger partial charge in [0.25, 0.3) is 0 Å². The number of anilines is 1. The Bertz CT molecular complexity index is 1430. The lowest BCUT2D eigenvalue weighted by atomic mass is 10.0. The van der Waals surface area contributed by atoms with E-state index >= 15 is 0 Å². The average molecular weight is 619 g/mol. The van der Waals surface area contributed by atoms with E-state index in [0.717, 1.165) is 21.7 Å². The Hall–Kier alpha value is -3.07. The van der Waals surface area contributed by atoms with Crippen LogP contribution in [0, 0.1) is 5.92 Å². The molecule has 0 fully saturated rings. The van der Waals surface area contributed by atoms with E-state index in [1.165, 1.54) is 4.90 Å². The number of nitrogens with zero attached hydrogens (tertiary/aromatic N) is 2. The first-order chi connectivity index (χ1) is 19.4. The summed E-state index contributed by atoms with van der Waals surface area (Å²) in [6.07, 6.45) is 1.85. The van der Waals surface area contributed by atoms with Gasteiger partial charge in [0.2, 0.25) is 21.8 Å². The Morgan fingerprint density at radius 3 is 2.10 bits per heavy atom. The molecular formula is C31H37Cl2N3O4S. The third-order valence-electron chi connectivity index (χ3n) is 6.67. The van der Waals surface area contributed by atoms with Crippen LogP contribution in [-0.4, -0.2) is 50.5 Å². The third-order valence-corrected chi connectivity index (χ3v) is 8.50. The van der Waals surface area contributed by atoms with Gasteiger partial charge >= 0.3 is 0 Å². The molecule has 3 rings (SSSR count). The van der Waals surface area contributed by atoms with Crippen molar-refractivity contribution in [1.82, 2.24) is 10.2 Å². The van der Waals surface area contributed by atoms with Crippen molar-refractivity contribution >= 4 is 50.7 Å². The molecule has 0 heterocycles. The molecule has 220 valence electrons. The van der Waals surface area contributed by atoms with Crippen LogP contribution in [-0.2, 0) is 39.0 Å². The predicted octanol–water partition coefficient (Wildman–Crippen LogP) is 5.73. The number of hydrogen-bond acceptors (Lipinski definition) is 4. The Kier molecular flexibility index (Phi) is 11.6. The number of aryl methyl sites for hydroxylation is 1. The second kappa shape index (κ2) is 14.7. The maximum absolute atomic E-state index is 14.2. The lowest BCUT2D eigenvalue weighted by Gasteiger charge is -2.34. The fraction of sp³-hybridized carbons (Fsp3) is 0.355. The van der Waals surface area contributed by atoms with Gasteiger partial charge in [0, 0.05) is 35.1 Å². The van der Waals surface area contributed by atoms with Gasteiger partial charge in [0.05, 0.1) is 11.9 Å². The lowest BCUT2D eigenvalue weighted by molar-refractivity contribution is -0.140. The summed E-state index contributed by atoms with van der Waals surface area (Å²) in [6.45, 7) is 5.71. The molecule has 1 unspecified atom stereocenters. The molecule has 41 heavy (non-hydrogen) atoms. The highest BCUT2D eigenvalue weighted by molar-refractivity contribution is 7.92. The minimum Gasteiger partial charge on any atom is -0.354 e. The van der Waals surface area contributed by atoms with Gasteiger partial charge in [-0.3, -0.25) is 13.9 Å². The topological polar surface area (TPSA) is 86.8 Å². The highest BCUT2D eigenvalue weighted by Crippen LogP contribution is 2.28. The van der Waals surface area contributed by atoms with Crippen LogP contribution in [0.25, 0.3) is 0 Å². The molecule has 0 aliphatic carbocycles. The third kappa shape index (κ3) is 8.96. The SMILES string of the molecule is CCc1ccccc1N(CC(=O)N(Cc1c(Cl)cccc1Cl)C(Cc1ccccc1)C(=O)NCC(C)C)S(C)(=O)=O. The van der Waals surface area contributed by atoms with E-state index in [1.54, 1.807) is 30.3 Å². The number of carbonyl (C=O) groups is 2. The van der Waals surface area contributed by atoms with E-state index in [9.17, 15) is 18.0 Å². The van der Waals surface area contributed by atoms with Crippen molar-refractivity contribution in [1.29, 1.82) is 0 Å². The fourth-order valence-electron chi connectivity index (χ4n) is 4.48. The quantitative estimate of drug-likeness (QED) is 0.265. The summed E-state index contributed by atoms with van der Waals surface area (Å²) in [4.78, 5) is 29.3. The van der Waals surface area contributed by atoms with Crippen LogP contribution in [0.3, 0.4) is 0 Å². The summed E-state index contributed by atoms with van der Waals surface area (Å²) in [5, 5.41) is 3.64. The van der Waals surface area contributed by atoms with Crippen molar-refractivity contribution in [2.24, 2.45) is 5.92 Å². The predicted molar refractivity (Wildman–Crippen MR) is 167 cm³/mol. The first kappa shape index (κ1) is 32.4. The molecule has 0 bridgehead atoms. The fourth-order valence-corrected chi connectivity index (χ4v) is 5.88. The van der Waals surface area contributed by atoms with Crippen molar-refractivity contribution in [3.05, 3.63) is 99.5 Å². The largest absolute Gasteiger partial charge is 0.354 e. The second-order valence-corrected chi connectivity index (χ2v) is 13.0. The Balaban J connectivity index is 2.11. The van der Waals surface area contributed by atoms with Gasteiger partial charge in [0.1, 0.15) is 12.6 Å². The van der Waals surface area contributed by atoms with E-state index in [-0.39, 0.29) is 24.8 Å². The van der Waals surface area contributed by atoms with E-state index in [4.69, 9.17) is 23.2 Å². The average Bonchev–Trinajstić information content (AvgIpc) is 2.93. The van der Waals surface area contributed by atoms with Gasteiger partial charge in [-0.2, -0.15) is 0 Å². The molecule has 2 amide bonds. The van der Waals surface area contributed by atoms with Crippen LogP contribution in [0.1, 0.15) is 37.5 Å². The molecule has 0 spiro atoms. The molecule has 1 atom stereocenters. The zero-order valence-electron chi connectivity index (χ0n) is 23.8. The lowest BCUT2D eigenvalue weighted by Crippen LogP contribution is -2.53. The van der Waals surface area contributed by atoms with Crippen molar-refractivity contribution in [3.63, 3.8) is 0 Å². The maximum Gasteiger partial charge on any atom is 0.244 e. The van der Waals surface area contributed by atoms with Crippen molar-refractivity contribution in [3.8, 4) is 0 Å². The number of hydrogen-bond donors (Lipinski definition) is 1. The number of benzene rings is 3. The van der Waals surface area contributed by atoms with Crippen LogP contribution in [0.2, 0.25) is 10.0 Å². The molecule has 0 radical (unpaired) electrons. The van der Waals surface area contributed by atoms with Crippen LogP contribution in [0.5, 0.6) is 0 Å². The monoisotopic (exact) mass is 617 g/mol. The number of nitrogens with one attached hydrogen (secondary N) is 1. The number of rotatable bonds is 13. The highest BCUT2D eigenvalue weighted by Gasteiger charge is 2.34. The molecule has 3 aromatic carbocycles. The number of para-hydroxylation sites is 1. The van der Waals surface area contributed by atoms with Crippen LogP contribution >= 0.6 is 23.2 Å². The van der Waals surface area contributed by atoms with Gasteiger partial charge < -0.3 is 10.2 Å². The molecule has 7 nitrogen and oxygen atoms in total. The molecule has 3 aromatic rings. The zero-order chi connectivity index (χ0) is 30.2. The molecule has 10 heteroatoms. The van der Waals surface area contributed by atoms with E-state index < -0.39 is 28.5 Å². The Labute approximate surface area is 253 Å². The first-order valence-electron chi connectivity index (χ1n) is 13.5. The van der Waals surface area contributed by atoms with Crippen LogP contribution in [0.4, 0.5) is 5.69 Å². The van der Waals surface area contributed by atoms with Gasteiger partial charge in [-0.25, -0.2) is 8.42 Å². The van der Waals surface area contributed by atoms with Crippen LogP contribution < -0.4 is 9.62 Å². The van der Waals surface area contributed by atoms with E-state index in [0.29, 0.717) is 34.3 Å². The summed E-state index contributed by atoms with van der Waals surface area (Å²) >= 11 is 13.0. The summed E-state index contributed by atoms with van der Waals surface area (Å²) in [7, 11) is -3.86. The minimum absolute atomic E-state index is 0.0863. The van der Waals surface area contributed by atoms with Crippen molar-refractivity contribution in [2.45, 2.75) is 46.2 Å². The molecule has 0 saturated heterocycles. The number of sulfonamides is 1. The Morgan fingerprint density at radius 2 is 1.51 bits per heavy atom. The summed E-state index contributed by atoms with van der Waals surface area (Å²) < 4.78 is 27.2. The standard InChI is InChI=1S/C31H37Cl2N3O4S/c1-5-24-14-9-10-17-28(24)36(41(4,39)40)21-30(37)35(20-25-26(32)15-11-16-27(25)33)29(31(38)34-19-22(2)3)18-23-12-7-6-8-13-23/h6-17,22,29H,5,18-21H2,1-4H3,(H,34,38). The van der Waals surface area contributed by atoms with Gasteiger partial charge in [-0.1, -0.05) is 98.6 Å². The van der Waals surface area contributed by atoms with Gasteiger partial charge in [-0.05, 0) is 41.7 Å². The molecular weight excluding hydrogens is 581 g/mol. The highest BCUT2D eigenvalue weighted by atomic mass is 35.5. The van der Waals surface area contributed by atoms with Crippen molar-refractivity contribution < 1.29 is 18.0 Å². The van der Waals surface area contributed by atoms with Crippen molar-refractivity contribution in [2.75, 3.05) is 23.7 Å². The zero-order valence-corrected chi connectivity index (χ0v) is 26.1. The van der Waals surface area contributed by atoms with Gasteiger partial charge in [0.15, 0.2) is 0 Å². The normalized spacial score (nSPS) is 12.2. The molecule has 1 N–H and O–H groups in total. The van der Waals surface area contributed by atoms with E-state index in [2.05, 4.69) is 5.32 Å². The van der Waals surface area contributed by atoms with Gasteiger partial charge in [-0.15, -0.1) is 0 Å². The maximum atomic E-state index is 14.2. The smallest absolute Gasteiger partial charge is 0.244 e. The number of amides is 2. The molecule has 0 saturated carbocycles.